The van der Waals surface area contributed by atoms with Gasteiger partial charge >= 0.3 is 0 Å². The van der Waals surface area contributed by atoms with Crippen LogP contribution in [0.2, 0.25) is 5.02 Å². The third kappa shape index (κ3) is 3.70. The first-order valence-electron chi connectivity index (χ1n) is 6.93. The molecule has 23 heavy (non-hydrogen) atoms. The third-order valence-corrected chi connectivity index (χ3v) is 4.26. The molecule has 0 bridgehead atoms. The van der Waals surface area contributed by atoms with Gasteiger partial charge in [-0.2, -0.15) is 5.10 Å². The number of halogens is 1. The Bertz CT molecular complexity index is 843. The number of para-hydroxylation sites is 1. The molecule has 3 aromatic rings. The van der Waals surface area contributed by atoms with Crippen molar-refractivity contribution in [2.24, 2.45) is 5.10 Å². The van der Waals surface area contributed by atoms with Gasteiger partial charge in [0, 0.05) is 21.5 Å². The van der Waals surface area contributed by atoms with Gasteiger partial charge in [-0.3, -0.25) is 5.43 Å². The summed E-state index contributed by atoms with van der Waals surface area (Å²) in [5.41, 5.74) is 6.17. The second-order valence-electron chi connectivity index (χ2n) is 4.87. The van der Waals surface area contributed by atoms with Gasteiger partial charge in [-0.15, -0.1) is 11.3 Å². The number of phenolic OH excluding ortho intramolecular Hbond substituents is 1. The van der Waals surface area contributed by atoms with Crippen molar-refractivity contribution in [3.63, 3.8) is 0 Å². The van der Waals surface area contributed by atoms with Crippen LogP contribution < -0.4 is 5.43 Å². The molecule has 0 radical (unpaired) electrons. The Kier molecular flexibility index (Phi) is 4.60. The van der Waals surface area contributed by atoms with Gasteiger partial charge in [0.25, 0.3) is 0 Å². The molecule has 6 heteroatoms. The van der Waals surface area contributed by atoms with E-state index in [0.717, 1.165) is 11.3 Å². The highest BCUT2D eigenvalue weighted by Gasteiger charge is 2.06. The highest BCUT2D eigenvalue weighted by Crippen LogP contribution is 2.26. The lowest BCUT2D eigenvalue weighted by Gasteiger charge is -2.03. The molecule has 3 rings (SSSR count). The largest absolute Gasteiger partial charge is 0.507 e. The number of anilines is 1. The van der Waals surface area contributed by atoms with E-state index in [-0.39, 0.29) is 5.75 Å². The van der Waals surface area contributed by atoms with Crippen molar-refractivity contribution in [1.29, 1.82) is 0 Å². The smallest absolute Gasteiger partial charge is 0.203 e. The zero-order valence-electron chi connectivity index (χ0n) is 12.3. The molecule has 0 aliphatic heterocycles. The Balaban J connectivity index is 1.75. The lowest BCUT2D eigenvalue weighted by Crippen LogP contribution is -1.99. The molecule has 0 saturated heterocycles. The molecule has 1 aromatic heterocycles. The number of hydrogen-bond donors (Lipinski definition) is 2. The molecule has 0 spiro atoms. The van der Waals surface area contributed by atoms with E-state index in [2.05, 4.69) is 15.5 Å². The lowest BCUT2D eigenvalue weighted by molar-refractivity contribution is 0.474. The molecule has 116 valence electrons. The summed E-state index contributed by atoms with van der Waals surface area (Å²) in [6.07, 6.45) is 0. The van der Waals surface area contributed by atoms with Crippen molar-refractivity contribution in [1.82, 2.24) is 4.98 Å². The van der Waals surface area contributed by atoms with Crippen LogP contribution in [0.5, 0.6) is 5.75 Å². The molecule has 0 atom stereocenters. The van der Waals surface area contributed by atoms with E-state index in [0.29, 0.717) is 21.4 Å². The molecule has 0 aliphatic rings. The molecular weight excluding hydrogens is 330 g/mol. The van der Waals surface area contributed by atoms with Crippen LogP contribution in [0.15, 0.2) is 59.0 Å². The number of nitrogens with zero attached hydrogens (tertiary/aromatic N) is 2. The predicted molar refractivity (Wildman–Crippen MR) is 96.5 cm³/mol. The second-order valence-corrected chi connectivity index (χ2v) is 6.17. The quantitative estimate of drug-likeness (QED) is 0.517. The first kappa shape index (κ1) is 15.5. The Morgan fingerprint density at radius 1 is 1.17 bits per heavy atom. The summed E-state index contributed by atoms with van der Waals surface area (Å²) in [6.45, 7) is 1.83. The molecule has 2 N–H and O–H groups in total. The van der Waals surface area contributed by atoms with E-state index in [4.69, 9.17) is 11.6 Å². The van der Waals surface area contributed by atoms with Crippen molar-refractivity contribution >= 4 is 33.8 Å². The van der Waals surface area contributed by atoms with E-state index >= 15 is 0 Å². The van der Waals surface area contributed by atoms with Gasteiger partial charge in [-0.05, 0) is 31.2 Å². The maximum Gasteiger partial charge on any atom is 0.203 e. The van der Waals surface area contributed by atoms with Crippen LogP contribution in [-0.4, -0.2) is 15.8 Å². The zero-order chi connectivity index (χ0) is 16.2. The highest BCUT2D eigenvalue weighted by atomic mass is 35.5. The number of phenols is 1. The van der Waals surface area contributed by atoms with Crippen LogP contribution in [0.25, 0.3) is 11.3 Å². The van der Waals surface area contributed by atoms with Crippen LogP contribution in [0.1, 0.15) is 12.5 Å². The van der Waals surface area contributed by atoms with E-state index in [9.17, 15) is 5.11 Å². The van der Waals surface area contributed by atoms with E-state index in [1.54, 1.807) is 12.1 Å². The number of aromatic nitrogens is 1. The molecule has 4 nitrogen and oxygen atoms in total. The standard InChI is InChI=1S/C17H14ClN3OS/c1-11(14-4-2-3-5-16(14)22)20-21-17-19-15(10-23-17)12-6-8-13(18)9-7-12/h2-10,22H,1H3,(H,19,21)/b20-11+. The summed E-state index contributed by atoms with van der Waals surface area (Å²) < 4.78 is 0. The number of aromatic hydroxyl groups is 1. The average molecular weight is 344 g/mol. The van der Waals surface area contributed by atoms with Gasteiger partial charge in [-0.1, -0.05) is 35.9 Å². The van der Waals surface area contributed by atoms with Gasteiger partial charge in [0.1, 0.15) is 5.75 Å². The highest BCUT2D eigenvalue weighted by molar-refractivity contribution is 7.14. The van der Waals surface area contributed by atoms with Gasteiger partial charge in [0.05, 0.1) is 11.4 Å². The van der Waals surface area contributed by atoms with Crippen molar-refractivity contribution in [3.8, 4) is 17.0 Å². The molecule has 0 saturated carbocycles. The number of rotatable bonds is 4. The molecule has 1 heterocycles. The van der Waals surface area contributed by atoms with Crippen LogP contribution in [-0.2, 0) is 0 Å². The summed E-state index contributed by atoms with van der Waals surface area (Å²) in [4.78, 5) is 4.49. The molecule has 0 aliphatic carbocycles. The predicted octanol–water partition coefficient (Wildman–Crippen LogP) is 5.01. The van der Waals surface area contributed by atoms with Gasteiger partial charge < -0.3 is 5.11 Å². The van der Waals surface area contributed by atoms with Gasteiger partial charge in [0.15, 0.2) is 0 Å². The molecule has 0 fully saturated rings. The molecule has 2 aromatic carbocycles. The van der Waals surface area contributed by atoms with Crippen LogP contribution in [0.3, 0.4) is 0 Å². The topological polar surface area (TPSA) is 57.5 Å². The van der Waals surface area contributed by atoms with E-state index < -0.39 is 0 Å². The SMILES string of the molecule is C/C(=N\Nc1nc(-c2ccc(Cl)cc2)cs1)c1ccccc1O. The molecule has 0 amide bonds. The van der Waals surface area contributed by atoms with Crippen molar-refractivity contribution in [2.75, 3.05) is 5.43 Å². The van der Waals surface area contributed by atoms with Crippen molar-refractivity contribution in [2.45, 2.75) is 6.92 Å². The Morgan fingerprint density at radius 3 is 2.65 bits per heavy atom. The summed E-state index contributed by atoms with van der Waals surface area (Å²) in [6, 6.07) is 14.6. The minimum Gasteiger partial charge on any atom is -0.507 e. The number of thiazole rings is 1. The van der Waals surface area contributed by atoms with Crippen molar-refractivity contribution in [3.05, 3.63) is 64.5 Å². The number of nitrogens with one attached hydrogen (secondary N) is 1. The minimum atomic E-state index is 0.205. The Hall–Kier alpha value is -2.37. The summed E-state index contributed by atoms with van der Waals surface area (Å²) >= 11 is 7.36. The molecular formula is C17H14ClN3OS. The summed E-state index contributed by atoms with van der Waals surface area (Å²) in [7, 11) is 0. The maximum absolute atomic E-state index is 9.82. The van der Waals surface area contributed by atoms with Gasteiger partial charge in [0.2, 0.25) is 5.13 Å². The second kappa shape index (κ2) is 6.81. The summed E-state index contributed by atoms with van der Waals surface area (Å²) in [5, 5.41) is 17.4. The summed E-state index contributed by atoms with van der Waals surface area (Å²) in [5.74, 6) is 0.205. The fraction of sp³-hybridized carbons (Fsp3) is 0.0588. The molecule has 0 unspecified atom stereocenters. The van der Waals surface area contributed by atoms with Crippen LogP contribution >= 0.6 is 22.9 Å². The van der Waals surface area contributed by atoms with Crippen LogP contribution in [0.4, 0.5) is 5.13 Å². The van der Waals surface area contributed by atoms with Gasteiger partial charge in [-0.25, -0.2) is 4.98 Å². The Morgan fingerprint density at radius 2 is 1.91 bits per heavy atom. The number of hydrazone groups is 1. The minimum absolute atomic E-state index is 0.205. The number of hydrogen-bond acceptors (Lipinski definition) is 5. The zero-order valence-corrected chi connectivity index (χ0v) is 13.9. The Labute approximate surface area is 143 Å². The average Bonchev–Trinajstić information content (AvgIpc) is 3.03. The monoisotopic (exact) mass is 343 g/mol. The normalized spacial score (nSPS) is 11.5. The fourth-order valence-electron chi connectivity index (χ4n) is 2.05. The van der Waals surface area contributed by atoms with Crippen molar-refractivity contribution < 1.29 is 5.11 Å². The first-order valence-corrected chi connectivity index (χ1v) is 8.19. The third-order valence-electron chi connectivity index (χ3n) is 3.26. The lowest BCUT2D eigenvalue weighted by atomic mass is 10.1. The fourth-order valence-corrected chi connectivity index (χ4v) is 2.84. The maximum atomic E-state index is 9.82. The van der Waals surface area contributed by atoms with E-state index in [1.807, 2.05) is 48.7 Å². The van der Waals surface area contributed by atoms with E-state index in [1.165, 1.54) is 11.3 Å². The first-order chi connectivity index (χ1) is 11.1. The number of benzene rings is 2. The van der Waals surface area contributed by atoms with Crippen LogP contribution in [0, 0.1) is 0 Å².